The van der Waals surface area contributed by atoms with Crippen LogP contribution in [0.15, 0.2) is 57.1 Å². The monoisotopic (exact) mass is 404 g/mol. The zero-order valence-corrected chi connectivity index (χ0v) is 15.0. The Kier molecular flexibility index (Phi) is 4.86. The summed E-state index contributed by atoms with van der Waals surface area (Å²) in [5.41, 5.74) is 1.70. The highest BCUT2D eigenvalue weighted by Crippen LogP contribution is 2.27. The van der Waals surface area contributed by atoms with E-state index in [4.69, 9.17) is 0 Å². The Bertz CT molecular complexity index is 899. The number of nitrogens with one attached hydrogen (secondary N) is 1. The summed E-state index contributed by atoms with van der Waals surface area (Å²) in [4.78, 5) is 15.8. The summed E-state index contributed by atoms with van der Waals surface area (Å²) in [6.07, 6.45) is 3.50. The lowest BCUT2D eigenvalue weighted by atomic mass is 10.3. The lowest BCUT2D eigenvalue weighted by Crippen LogP contribution is -2.00. The van der Waals surface area contributed by atoms with Gasteiger partial charge in [-0.2, -0.15) is 0 Å². The van der Waals surface area contributed by atoms with Gasteiger partial charge in [-0.3, -0.25) is 5.10 Å². The van der Waals surface area contributed by atoms with Crippen LogP contribution >= 0.6 is 27.7 Å². The number of hydrogen-bond acceptors (Lipinski definition) is 4. The van der Waals surface area contributed by atoms with Crippen molar-refractivity contribution >= 4 is 39.7 Å². The quantitative estimate of drug-likeness (QED) is 0.497. The Morgan fingerprint density at radius 2 is 2.08 bits per heavy atom. The second kappa shape index (κ2) is 7.06. The van der Waals surface area contributed by atoms with Gasteiger partial charge in [0.2, 0.25) is 5.16 Å². The van der Waals surface area contributed by atoms with Gasteiger partial charge in [0.25, 0.3) is 0 Å². The highest BCUT2D eigenvalue weighted by atomic mass is 79.9. The topological polar surface area (TPSA) is 83.8 Å². The van der Waals surface area contributed by atoms with E-state index in [-0.39, 0.29) is 4.91 Å². The van der Waals surface area contributed by atoms with Gasteiger partial charge in [-0.15, -0.1) is 5.10 Å². The Hall–Kier alpha value is -2.32. The molecule has 0 aliphatic heterocycles. The van der Waals surface area contributed by atoms with Crippen LogP contribution in [0.2, 0.25) is 0 Å². The maximum Gasteiger partial charge on any atom is 0.342 e. The molecule has 1 aromatic carbocycles. The summed E-state index contributed by atoms with van der Waals surface area (Å²) >= 11 is 4.42. The van der Waals surface area contributed by atoms with Gasteiger partial charge < -0.3 is 9.67 Å². The largest absolute Gasteiger partial charge is 0.477 e. The SMILES string of the molecule is Cc1nc(S/C(=C\c2cccn2-c2ccc(Br)cc2)C(=O)O)n[nH]1. The summed E-state index contributed by atoms with van der Waals surface area (Å²) in [5, 5.41) is 16.5. The number of halogens is 1. The Morgan fingerprint density at radius 1 is 1.33 bits per heavy atom. The molecule has 0 bridgehead atoms. The Labute approximate surface area is 150 Å². The van der Waals surface area contributed by atoms with Crippen LogP contribution in [-0.4, -0.2) is 30.8 Å². The third kappa shape index (κ3) is 3.77. The smallest absolute Gasteiger partial charge is 0.342 e. The number of thioether (sulfide) groups is 1. The van der Waals surface area contributed by atoms with Gasteiger partial charge in [-0.25, -0.2) is 9.78 Å². The number of carboxylic acids is 1. The molecule has 0 atom stereocenters. The van der Waals surface area contributed by atoms with Crippen LogP contribution in [0.4, 0.5) is 0 Å². The molecule has 8 heteroatoms. The van der Waals surface area contributed by atoms with E-state index in [0.29, 0.717) is 11.0 Å². The fourth-order valence-corrected chi connectivity index (χ4v) is 3.09. The van der Waals surface area contributed by atoms with E-state index in [0.717, 1.165) is 27.6 Å². The first kappa shape index (κ1) is 16.5. The number of benzene rings is 1. The molecule has 2 heterocycles. The number of carbonyl (C=O) groups is 1. The van der Waals surface area contributed by atoms with E-state index in [2.05, 4.69) is 31.1 Å². The molecule has 2 aromatic heterocycles. The van der Waals surface area contributed by atoms with Crippen LogP contribution in [0.3, 0.4) is 0 Å². The normalized spacial score (nSPS) is 11.7. The summed E-state index contributed by atoms with van der Waals surface area (Å²) in [6, 6.07) is 11.5. The minimum Gasteiger partial charge on any atom is -0.477 e. The van der Waals surface area contributed by atoms with Crippen LogP contribution in [0.1, 0.15) is 11.5 Å². The average Bonchev–Trinajstić information content (AvgIpc) is 3.16. The first-order valence-electron chi connectivity index (χ1n) is 6.98. The van der Waals surface area contributed by atoms with Gasteiger partial charge in [-0.05, 0) is 61.2 Å². The third-order valence-corrected chi connectivity index (χ3v) is 4.56. The van der Waals surface area contributed by atoms with Crippen molar-refractivity contribution in [1.29, 1.82) is 0 Å². The van der Waals surface area contributed by atoms with Gasteiger partial charge >= 0.3 is 5.97 Å². The highest BCUT2D eigenvalue weighted by Gasteiger charge is 2.14. The summed E-state index contributed by atoms with van der Waals surface area (Å²) in [6.45, 7) is 1.76. The predicted octanol–water partition coefficient (Wildman–Crippen LogP) is 3.88. The summed E-state index contributed by atoms with van der Waals surface area (Å²) in [5.74, 6) is -0.383. The van der Waals surface area contributed by atoms with Crippen LogP contribution in [0.5, 0.6) is 0 Å². The molecule has 0 spiro atoms. The second-order valence-corrected chi connectivity index (χ2v) is 6.82. The first-order chi connectivity index (χ1) is 11.5. The number of aromatic amines is 1. The number of aliphatic carboxylic acids is 1. The number of aromatic nitrogens is 4. The molecule has 0 radical (unpaired) electrons. The number of rotatable bonds is 5. The number of hydrogen-bond donors (Lipinski definition) is 2. The number of H-pyrrole nitrogens is 1. The lowest BCUT2D eigenvalue weighted by molar-refractivity contribution is -0.131. The molecule has 3 rings (SSSR count). The van der Waals surface area contributed by atoms with Crippen molar-refractivity contribution in [2.45, 2.75) is 12.1 Å². The lowest BCUT2D eigenvalue weighted by Gasteiger charge is -2.07. The molecule has 0 saturated heterocycles. The molecular weight excluding hydrogens is 392 g/mol. The maximum absolute atomic E-state index is 11.6. The van der Waals surface area contributed by atoms with Crippen LogP contribution < -0.4 is 0 Å². The van der Waals surface area contributed by atoms with E-state index in [1.54, 1.807) is 13.0 Å². The second-order valence-electron chi connectivity index (χ2n) is 4.90. The van der Waals surface area contributed by atoms with Crippen LogP contribution in [0.25, 0.3) is 11.8 Å². The molecule has 0 aliphatic rings. The van der Waals surface area contributed by atoms with E-state index in [1.807, 2.05) is 47.2 Å². The molecule has 6 nitrogen and oxygen atoms in total. The van der Waals surface area contributed by atoms with Gasteiger partial charge in [0.1, 0.15) is 10.7 Å². The molecular formula is C16H13BrN4O2S. The predicted molar refractivity (Wildman–Crippen MR) is 96.1 cm³/mol. The van der Waals surface area contributed by atoms with Crippen molar-refractivity contribution in [2.24, 2.45) is 0 Å². The minimum atomic E-state index is -1.02. The molecule has 122 valence electrons. The van der Waals surface area contributed by atoms with Crippen molar-refractivity contribution < 1.29 is 9.90 Å². The third-order valence-electron chi connectivity index (χ3n) is 3.15. The summed E-state index contributed by atoms with van der Waals surface area (Å²) in [7, 11) is 0. The minimum absolute atomic E-state index is 0.145. The van der Waals surface area contributed by atoms with E-state index in [1.165, 1.54) is 0 Å². The van der Waals surface area contributed by atoms with Crippen molar-refractivity contribution in [1.82, 2.24) is 19.7 Å². The zero-order valence-electron chi connectivity index (χ0n) is 12.6. The van der Waals surface area contributed by atoms with Crippen molar-refractivity contribution in [3.05, 3.63) is 63.5 Å². The molecule has 0 aliphatic carbocycles. The first-order valence-corrected chi connectivity index (χ1v) is 8.59. The highest BCUT2D eigenvalue weighted by molar-refractivity contribution is 9.10. The van der Waals surface area contributed by atoms with Crippen molar-refractivity contribution in [3.8, 4) is 5.69 Å². The van der Waals surface area contributed by atoms with Crippen molar-refractivity contribution in [2.75, 3.05) is 0 Å². The number of nitrogens with zero attached hydrogens (tertiary/aromatic N) is 3. The zero-order chi connectivity index (χ0) is 17.1. The Balaban J connectivity index is 1.95. The van der Waals surface area contributed by atoms with Gasteiger partial charge in [0.15, 0.2) is 0 Å². The van der Waals surface area contributed by atoms with Crippen molar-refractivity contribution in [3.63, 3.8) is 0 Å². The van der Waals surface area contributed by atoms with E-state index >= 15 is 0 Å². The van der Waals surface area contributed by atoms with Gasteiger partial charge in [-0.1, -0.05) is 15.9 Å². The molecule has 0 saturated carbocycles. The maximum atomic E-state index is 11.6. The molecule has 24 heavy (non-hydrogen) atoms. The summed E-state index contributed by atoms with van der Waals surface area (Å²) < 4.78 is 2.90. The van der Waals surface area contributed by atoms with E-state index < -0.39 is 5.97 Å². The fraction of sp³-hybridized carbons (Fsp3) is 0.0625. The fourth-order valence-electron chi connectivity index (χ4n) is 2.08. The molecule has 3 aromatic rings. The molecule has 0 amide bonds. The molecule has 0 unspecified atom stereocenters. The van der Waals surface area contributed by atoms with E-state index in [9.17, 15) is 9.90 Å². The standard InChI is InChI=1S/C16H13BrN4O2S/c1-10-18-16(20-19-10)24-14(15(22)23)9-13-3-2-8-21(13)12-6-4-11(17)5-7-12/h2-9H,1H3,(H,22,23)(H,18,19,20)/b14-9-. The molecule has 0 fully saturated rings. The number of carboxylic acid groups (broad SMARTS) is 1. The van der Waals surface area contributed by atoms with Crippen LogP contribution in [-0.2, 0) is 4.79 Å². The van der Waals surface area contributed by atoms with Gasteiger partial charge in [0.05, 0.1) is 0 Å². The Morgan fingerprint density at radius 3 is 2.71 bits per heavy atom. The molecule has 2 N–H and O–H groups in total. The average molecular weight is 405 g/mol. The number of aryl methyl sites for hydroxylation is 1. The van der Waals surface area contributed by atoms with Gasteiger partial charge in [0, 0.05) is 22.1 Å². The van der Waals surface area contributed by atoms with Crippen LogP contribution in [0, 0.1) is 6.92 Å².